The first-order valence-corrected chi connectivity index (χ1v) is 15.7. The van der Waals surface area contributed by atoms with Crippen LogP contribution in [0.5, 0.6) is 5.75 Å². The van der Waals surface area contributed by atoms with Crippen molar-refractivity contribution in [2.24, 2.45) is 0 Å². The molecule has 0 radical (unpaired) electrons. The standard InChI is InChI=1S/C33H38N8O6/c1-5-46-31(43)28-35-25(33(2,3)4)18-26(36-28)37-32(44)34-23-11-12-24(22-9-7-6-8-21(22)23)47-20-10-13-27-38-39-29(41(27)19-20)30(42)40-14-16-45-17-15-40/h6-10,13,18-19,23-24H,5,11-12,14-17H2,1-4H3,(H2,34,35,36,37,44). The van der Waals surface area contributed by atoms with Crippen LogP contribution in [0.4, 0.5) is 10.6 Å². The molecule has 14 nitrogen and oxygen atoms in total. The molecule has 2 aliphatic rings. The SMILES string of the molecule is CCOC(=O)c1nc(NC(=O)NC2CCC(Oc3ccc4nnc(C(=O)N5CCOCC5)n4c3)c3ccccc32)cc(C(C)(C)C)n1. The molecule has 14 heteroatoms. The second kappa shape index (κ2) is 13.3. The number of carbonyl (C=O) groups excluding carboxylic acids is 3. The van der Waals surface area contributed by atoms with E-state index in [1.807, 2.05) is 51.1 Å². The number of nitrogens with one attached hydrogen (secondary N) is 2. The quantitative estimate of drug-likeness (QED) is 0.279. The summed E-state index contributed by atoms with van der Waals surface area (Å²) in [6.45, 7) is 9.75. The zero-order valence-corrected chi connectivity index (χ0v) is 26.9. The van der Waals surface area contributed by atoms with Gasteiger partial charge in [-0.05, 0) is 43.0 Å². The minimum Gasteiger partial charge on any atom is -0.484 e. The van der Waals surface area contributed by atoms with Crippen LogP contribution in [-0.2, 0) is 14.9 Å². The Hall–Kier alpha value is -5.11. The maximum Gasteiger partial charge on any atom is 0.376 e. The number of aromatic nitrogens is 5. The fourth-order valence-electron chi connectivity index (χ4n) is 5.67. The van der Waals surface area contributed by atoms with Crippen LogP contribution in [0.25, 0.3) is 5.65 Å². The van der Waals surface area contributed by atoms with Gasteiger partial charge in [0.15, 0.2) is 5.65 Å². The van der Waals surface area contributed by atoms with Gasteiger partial charge >= 0.3 is 12.0 Å². The fourth-order valence-corrected chi connectivity index (χ4v) is 5.67. The lowest BCUT2D eigenvalue weighted by Gasteiger charge is -2.32. The second-order valence-electron chi connectivity index (χ2n) is 12.4. The maximum atomic E-state index is 13.2. The summed E-state index contributed by atoms with van der Waals surface area (Å²) in [7, 11) is 0. The first-order valence-electron chi connectivity index (χ1n) is 15.7. The van der Waals surface area contributed by atoms with Crippen LogP contribution in [-0.4, -0.2) is 80.3 Å². The van der Waals surface area contributed by atoms with E-state index in [4.69, 9.17) is 14.2 Å². The van der Waals surface area contributed by atoms with Crippen LogP contribution in [0.15, 0.2) is 48.7 Å². The Labute approximate surface area is 271 Å². The zero-order chi connectivity index (χ0) is 33.1. The van der Waals surface area contributed by atoms with Crippen molar-refractivity contribution in [3.8, 4) is 5.75 Å². The topological polar surface area (TPSA) is 162 Å². The van der Waals surface area contributed by atoms with E-state index in [1.165, 1.54) is 0 Å². The normalized spacial score (nSPS) is 17.9. The van der Waals surface area contributed by atoms with Crippen LogP contribution in [0.3, 0.4) is 0 Å². The highest BCUT2D eigenvalue weighted by Crippen LogP contribution is 2.39. The highest BCUT2D eigenvalue weighted by Gasteiger charge is 2.30. The van der Waals surface area contributed by atoms with Crippen molar-refractivity contribution in [1.29, 1.82) is 0 Å². The number of nitrogens with zero attached hydrogens (tertiary/aromatic N) is 6. The molecule has 1 fully saturated rings. The third kappa shape index (κ3) is 7.02. The molecule has 1 saturated heterocycles. The lowest BCUT2D eigenvalue weighted by molar-refractivity contribution is 0.0294. The molecule has 1 aliphatic heterocycles. The number of esters is 1. The number of morpholine rings is 1. The van der Waals surface area contributed by atoms with Crippen molar-refractivity contribution in [3.05, 3.63) is 77.1 Å². The molecule has 1 aliphatic carbocycles. The van der Waals surface area contributed by atoms with Crippen LogP contribution in [0.2, 0.25) is 0 Å². The van der Waals surface area contributed by atoms with Crippen molar-refractivity contribution >= 4 is 29.4 Å². The summed E-state index contributed by atoms with van der Waals surface area (Å²) in [4.78, 5) is 49.1. The lowest BCUT2D eigenvalue weighted by atomic mass is 9.85. The van der Waals surface area contributed by atoms with E-state index in [-0.39, 0.29) is 42.1 Å². The van der Waals surface area contributed by atoms with E-state index in [0.29, 0.717) is 56.2 Å². The number of urea groups is 1. The van der Waals surface area contributed by atoms with Crippen molar-refractivity contribution in [2.45, 2.75) is 58.1 Å². The summed E-state index contributed by atoms with van der Waals surface area (Å²) in [5.74, 6) is 0.0125. The number of fused-ring (bicyclic) bond motifs is 2. The Morgan fingerprint density at radius 1 is 1.00 bits per heavy atom. The van der Waals surface area contributed by atoms with Gasteiger partial charge in [-0.3, -0.25) is 14.5 Å². The zero-order valence-electron chi connectivity index (χ0n) is 26.9. The number of rotatable bonds is 7. The molecule has 6 rings (SSSR count). The Bertz CT molecular complexity index is 1800. The number of hydrogen-bond donors (Lipinski definition) is 2. The van der Waals surface area contributed by atoms with Gasteiger partial charge in [-0.1, -0.05) is 45.0 Å². The van der Waals surface area contributed by atoms with Crippen LogP contribution >= 0.6 is 0 Å². The Balaban J connectivity index is 1.17. The maximum absolute atomic E-state index is 13.2. The molecule has 3 aromatic heterocycles. The fraction of sp³-hybridized carbons (Fsp3) is 0.424. The Kier molecular flexibility index (Phi) is 9.03. The average Bonchev–Trinajstić information content (AvgIpc) is 3.49. The van der Waals surface area contributed by atoms with Crippen molar-refractivity contribution in [3.63, 3.8) is 0 Å². The molecule has 2 unspecified atom stereocenters. The predicted octanol–water partition coefficient (Wildman–Crippen LogP) is 4.24. The number of benzene rings is 1. The largest absolute Gasteiger partial charge is 0.484 e. The monoisotopic (exact) mass is 642 g/mol. The smallest absolute Gasteiger partial charge is 0.376 e. The molecular formula is C33H38N8O6. The molecule has 2 N–H and O–H groups in total. The van der Waals surface area contributed by atoms with Gasteiger partial charge in [-0.25, -0.2) is 19.6 Å². The molecule has 47 heavy (non-hydrogen) atoms. The van der Waals surface area contributed by atoms with Gasteiger partial charge in [0.1, 0.15) is 17.7 Å². The van der Waals surface area contributed by atoms with Crippen molar-refractivity contribution in [2.75, 3.05) is 38.2 Å². The summed E-state index contributed by atoms with van der Waals surface area (Å²) in [6.07, 6.45) is 2.68. The Morgan fingerprint density at radius 2 is 1.77 bits per heavy atom. The number of amides is 3. The van der Waals surface area contributed by atoms with Crippen molar-refractivity contribution in [1.82, 2.24) is 34.8 Å². The molecule has 1 aromatic carbocycles. The molecular weight excluding hydrogens is 604 g/mol. The van der Waals surface area contributed by atoms with Gasteiger partial charge in [0, 0.05) is 24.6 Å². The number of carbonyl (C=O) groups is 3. The summed E-state index contributed by atoms with van der Waals surface area (Å²) < 4.78 is 18.6. The molecule has 4 heterocycles. The molecule has 0 spiro atoms. The number of hydrogen-bond acceptors (Lipinski definition) is 10. The first-order chi connectivity index (χ1) is 22.6. The minimum absolute atomic E-state index is 0.111. The molecule has 2 atom stereocenters. The molecule has 0 bridgehead atoms. The number of pyridine rings is 1. The van der Waals surface area contributed by atoms with E-state index in [1.54, 1.807) is 34.6 Å². The highest BCUT2D eigenvalue weighted by molar-refractivity contribution is 5.92. The second-order valence-corrected chi connectivity index (χ2v) is 12.4. The van der Waals surface area contributed by atoms with Gasteiger partial charge in [0.05, 0.1) is 37.8 Å². The van der Waals surface area contributed by atoms with E-state index in [9.17, 15) is 14.4 Å². The summed E-state index contributed by atoms with van der Waals surface area (Å²) in [5.41, 5.74) is 2.61. The summed E-state index contributed by atoms with van der Waals surface area (Å²) in [5, 5.41) is 14.2. The van der Waals surface area contributed by atoms with E-state index >= 15 is 0 Å². The van der Waals surface area contributed by atoms with E-state index < -0.39 is 17.4 Å². The average molecular weight is 643 g/mol. The van der Waals surface area contributed by atoms with Crippen LogP contribution in [0.1, 0.15) is 90.7 Å². The molecule has 3 amide bonds. The van der Waals surface area contributed by atoms with Crippen LogP contribution < -0.4 is 15.4 Å². The van der Waals surface area contributed by atoms with E-state index in [2.05, 4.69) is 30.8 Å². The molecule has 246 valence electrons. The van der Waals surface area contributed by atoms with Crippen molar-refractivity contribution < 1.29 is 28.6 Å². The predicted molar refractivity (Wildman–Crippen MR) is 170 cm³/mol. The van der Waals surface area contributed by atoms with Gasteiger partial charge < -0.3 is 24.4 Å². The summed E-state index contributed by atoms with van der Waals surface area (Å²) in [6, 6.07) is 12.3. The van der Waals surface area contributed by atoms with Gasteiger partial charge in [0.25, 0.3) is 5.91 Å². The third-order valence-electron chi connectivity index (χ3n) is 8.08. The highest BCUT2D eigenvalue weighted by atomic mass is 16.5. The minimum atomic E-state index is -0.655. The Morgan fingerprint density at radius 3 is 2.51 bits per heavy atom. The van der Waals surface area contributed by atoms with E-state index in [0.717, 1.165) is 11.1 Å². The first kappa shape index (κ1) is 31.9. The lowest BCUT2D eigenvalue weighted by Crippen LogP contribution is -2.41. The number of ether oxygens (including phenoxy) is 3. The number of anilines is 1. The third-order valence-corrected chi connectivity index (χ3v) is 8.08. The van der Waals surface area contributed by atoms with Gasteiger partial charge in [-0.2, -0.15) is 0 Å². The molecule has 0 saturated carbocycles. The molecule has 4 aromatic rings. The van der Waals surface area contributed by atoms with Crippen LogP contribution in [0, 0.1) is 0 Å². The van der Waals surface area contributed by atoms with Gasteiger partial charge in [0.2, 0.25) is 11.6 Å². The van der Waals surface area contributed by atoms with Gasteiger partial charge in [-0.15, -0.1) is 10.2 Å². The summed E-state index contributed by atoms with van der Waals surface area (Å²) >= 11 is 0.